The first-order chi connectivity index (χ1) is 10.1. The zero-order chi connectivity index (χ0) is 15.2. The summed E-state index contributed by atoms with van der Waals surface area (Å²) in [7, 11) is 0. The number of anilines is 1. The molecule has 21 heavy (non-hydrogen) atoms. The van der Waals surface area contributed by atoms with E-state index in [0.717, 1.165) is 31.0 Å². The van der Waals surface area contributed by atoms with Crippen LogP contribution in [0.4, 0.5) is 5.69 Å². The van der Waals surface area contributed by atoms with Gasteiger partial charge in [-0.25, -0.2) is 0 Å². The van der Waals surface area contributed by atoms with Crippen LogP contribution in [0.3, 0.4) is 0 Å². The van der Waals surface area contributed by atoms with E-state index < -0.39 is 0 Å². The molecule has 2 atom stereocenters. The van der Waals surface area contributed by atoms with Crippen molar-refractivity contribution in [1.29, 1.82) is 0 Å². The van der Waals surface area contributed by atoms with E-state index in [4.69, 9.17) is 11.6 Å². The number of benzene rings is 1. The predicted molar refractivity (Wildman–Crippen MR) is 89.1 cm³/mol. The van der Waals surface area contributed by atoms with Crippen LogP contribution in [0.15, 0.2) is 18.2 Å². The molecule has 1 amide bonds. The van der Waals surface area contributed by atoms with Gasteiger partial charge in [-0.05, 0) is 50.3 Å². The Morgan fingerprint density at radius 1 is 1.29 bits per heavy atom. The van der Waals surface area contributed by atoms with E-state index in [1.165, 1.54) is 19.3 Å². The molecule has 0 saturated heterocycles. The average molecular weight is 309 g/mol. The lowest BCUT2D eigenvalue weighted by Crippen LogP contribution is -2.34. The monoisotopic (exact) mass is 308 g/mol. The SMILES string of the molecule is CCNc1ccc(Cl)cc1C(=O)NC1CCCC(C)CC1. The number of hydrogen-bond donors (Lipinski definition) is 2. The van der Waals surface area contributed by atoms with Crippen molar-refractivity contribution in [3.05, 3.63) is 28.8 Å². The molecule has 1 aliphatic carbocycles. The minimum atomic E-state index is -0.0204. The fraction of sp³-hybridized carbons (Fsp3) is 0.588. The van der Waals surface area contributed by atoms with E-state index in [0.29, 0.717) is 10.6 Å². The maximum absolute atomic E-state index is 12.5. The Morgan fingerprint density at radius 3 is 2.86 bits per heavy atom. The summed E-state index contributed by atoms with van der Waals surface area (Å²) in [5, 5.41) is 7.00. The van der Waals surface area contributed by atoms with Crippen molar-refractivity contribution in [2.45, 2.75) is 52.0 Å². The second-order valence-corrected chi connectivity index (χ2v) is 6.44. The van der Waals surface area contributed by atoms with E-state index in [1.807, 2.05) is 19.1 Å². The summed E-state index contributed by atoms with van der Waals surface area (Å²) >= 11 is 6.04. The molecule has 0 radical (unpaired) electrons. The second kappa shape index (κ2) is 7.69. The van der Waals surface area contributed by atoms with E-state index in [-0.39, 0.29) is 11.9 Å². The number of carbonyl (C=O) groups excluding carboxylic acids is 1. The van der Waals surface area contributed by atoms with Gasteiger partial charge in [0.25, 0.3) is 5.91 Å². The number of nitrogens with one attached hydrogen (secondary N) is 2. The van der Waals surface area contributed by atoms with Gasteiger partial charge in [0.2, 0.25) is 0 Å². The molecule has 1 aromatic carbocycles. The lowest BCUT2D eigenvalue weighted by molar-refractivity contribution is 0.0934. The van der Waals surface area contributed by atoms with Gasteiger partial charge >= 0.3 is 0 Å². The van der Waals surface area contributed by atoms with Gasteiger partial charge in [-0.3, -0.25) is 4.79 Å². The molecule has 116 valence electrons. The van der Waals surface area contributed by atoms with Crippen LogP contribution >= 0.6 is 11.6 Å². The number of carbonyl (C=O) groups is 1. The van der Waals surface area contributed by atoms with Gasteiger partial charge in [0.1, 0.15) is 0 Å². The molecule has 3 nitrogen and oxygen atoms in total. The van der Waals surface area contributed by atoms with Crippen molar-refractivity contribution >= 4 is 23.2 Å². The van der Waals surface area contributed by atoms with Crippen molar-refractivity contribution in [2.75, 3.05) is 11.9 Å². The molecule has 0 heterocycles. The number of hydrogen-bond acceptors (Lipinski definition) is 2. The first kappa shape index (κ1) is 16.2. The summed E-state index contributed by atoms with van der Waals surface area (Å²) in [5.41, 5.74) is 1.49. The molecule has 0 aliphatic heterocycles. The van der Waals surface area contributed by atoms with Gasteiger partial charge in [-0.2, -0.15) is 0 Å². The van der Waals surface area contributed by atoms with Crippen LogP contribution in [0, 0.1) is 5.92 Å². The van der Waals surface area contributed by atoms with Gasteiger partial charge in [0.15, 0.2) is 0 Å². The second-order valence-electron chi connectivity index (χ2n) is 6.00. The zero-order valence-electron chi connectivity index (χ0n) is 12.9. The molecule has 1 aromatic rings. The van der Waals surface area contributed by atoms with Crippen molar-refractivity contribution in [2.24, 2.45) is 5.92 Å². The Kier molecular flexibility index (Phi) is 5.92. The number of rotatable bonds is 4. The molecule has 0 aromatic heterocycles. The molecular weight excluding hydrogens is 284 g/mol. The summed E-state index contributed by atoms with van der Waals surface area (Å²) < 4.78 is 0. The molecular formula is C17H25ClN2O. The van der Waals surface area contributed by atoms with Crippen molar-refractivity contribution in [1.82, 2.24) is 5.32 Å². The van der Waals surface area contributed by atoms with Crippen LogP contribution in [-0.2, 0) is 0 Å². The Labute approximate surface area is 132 Å². The minimum Gasteiger partial charge on any atom is -0.385 e. The van der Waals surface area contributed by atoms with Gasteiger partial charge in [-0.15, -0.1) is 0 Å². The van der Waals surface area contributed by atoms with Gasteiger partial charge < -0.3 is 10.6 Å². The highest BCUT2D eigenvalue weighted by atomic mass is 35.5. The highest BCUT2D eigenvalue weighted by Crippen LogP contribution is 2.24. The summed E-state index contributed by atoms with van der Waals surface area (Å²) in [6, 6.07) is 5.71. The standard InChI is InChI=1S/C17H25ClN2O/c1-3-19-16-10-8-13(18)11-15(16)17(21)20-14-6-4-5-12(2)7-9-14/h8,10-12,14,19H,3-7,9H2,1-2H3,(H,20,21). The van der Waals surface area contributed by atoms with Crippen LogP contribution in [0.1, 0.15) is 56.3 Å². The van der Waals surface area contributed by atoms with Crippen LogP contribution in [0.25, 0.3) is 0 Å². The number of halogens is 1. The van der Waals surface area contributed by atoms with Crippen LogP contribution < -0.4 is 10.6 Å². The topological polar surface area (TPSA) is 41.1 Å². The maximum atomic E-state index is 12.5. The Balaban J connectivity index is 2.07. The highest BCUT2D eigenvalue weighted by Gasteiger charge is 2.20. The molecule has 0 bridgehead atoms. The average Bonchev–Trinajstić information content (AvgIpc) is 2.66. The molecule has 1 fully saturated rings. The summed E-state index contributed by atoms with van der Waals surface area (Å²) in [4.78, 5) is 12.5. The molecule has 2 N–H and O–H groups in total. The normalized spacial score (nSPS) is 22.4. The van der Waals surface area contributed by atoms with E-state index >= 15 is 0 Å². The molecule has 2 unspecified atom stereocenters. The summed E-state index contributed by atoms with van der Waals surface area (Å²) in [5.74, 6) is 0.753. The third kappa shape index (κ3) is 4.63. The van der Waals surface area contributed by atoms with Crippen LogP contribution in [0.2, 0.25) is 5.02 Å². The first-order valence-electron chi connectivity index (χ1n) is 7.94. The summed E-state index contributed by atoms with van der Waals surface area (Å²) in [6.07, 6.45) is 5.81. The highest BCUT2D eigenvalue weighted by molar-refractivity contribution is 6.31. The van der Waals surface area contributed by atoms with Crippen LogP contribution in [0.5, 0.6) is 0 Å². The fourth-order valence-electron chi connectivity index (χ4n) is 2.94. The fourth-order valence-corrected chi connectivity index (χ4v) is 3.12. The van der Waals surface area contributed by atoms with Gasteiger partial charge in [0.05, 0.1) is 5.56 Å². The van der Waals surface area contributed by atoms with E-state index in [1.54, 1.807) is 6.07 Å². The van der Waals surface area contributed by atoms with Gasteiger partial charge in [0, 0.05) is 23.3 Å². The lowest BCUT2D eigenvalue weighted by Gasteiger charge is -2.18. The predicted octanol–water partition coefficient (Wildman–Crippen LogP) is 4.47. The van der Waals surface area contributed by atoms with Crippen molar-refractivity contribution in [3.63, 3.8) is 0 Å². The first-order valence-corrected chi connectivity index (χ1v) is 8.32. The quantitative estimate of drug-likeness (QED) is 0.806. The Hall–Kier alpha value is -1.22. The molecule has 1 aliphatic rings. The number of amides is 1. The molecule has 4 heteroatoms. The van der Waals surface area contributed by atoms with Crippen molar-refractivity contribution in [3.8, 4) is 0 Å². The largest absolute Gasteiger partial charge is 0.385 e. The minimum absolute atomic E-state index is 0.0204. The third-order valence-corrected chi connectivity index (χ3v) is 4.42. The molecule has 0 spiro atoms. The Morgan fingerprint density at radius 2 is 2.10 bits per heavy atom. The van der Waals surface area contributed by atoms with Crippen molar-refractivity contribution < 1.29 is 4.79 Å². The third-order valence-electron chi connectivity index (χ3n) is 4.19. The van der Waals surface area contributed by atoms with E-state index in [2.05, 4.69) is 17.6 Å². The maximum Gasteiger partial charge on any atom is 0.253 e. The molecule has 2 rings (SSSR count). The summed E-state index contributed by atoms with van der Waals surface area (Å²) in [6.45, 7) is 5.09. The molecule has 1 saturated carbocycles. The van der Waals surface area contributed by atoms with Gasteiger partial charge in [-0.1, -0.05) is 31.4 Å². The van der Waals surface area contributed by atoms with E-state index in [9.17, 15) is 4.79 Å². The smallest absolute Gasteiger partial charge is 0.253 e. The lowest BCUT2D eigenvalue weighted by atomic mass is 10.0. The van der Waals surface area contributed by atoms with Crippen LogP contribution in [-0.4, -0.2) is 18.5 Å². The Bertz CT molecular complexity index is 490. The zero-order valence-corrected chi connectivity index (χ0v) is 13.7.